The fraction of sp³-hybridized carbons (Fsp3) is 0.292. The number of fused-ring (bicyclic) bond motifs is 1. The molecule has 1 atom stereocenters. The number of carbonyl (C=O) groups excluding carboxylic acids is 1. The van der Waals surface area contributed by atoms with Gasteiger partial charge in [-0.25, -0.2) is 0 Å². The van der Waals surface area contributed by atoms with E-state index in [1.807, 2.05) is 12.1 Å². The topological polar surface area (TPSA) is 76.5 Å². The SMILES string of the molecule is NC1CCCN(C2=NC(=O)C(=Cc3ccc4c(cnn4Cc4ccc(Cl)cc4C(F)(F)F)c3)S2)C1. The third-order valence-corrected chi connectivity index (χ3v) is 7.28. The minimum absolute atomic E-state index is 0.0266. The highest BCUT2D eigenvalue weighted by Gasteiger charge is 2.34. The van der Waals surface area contributed by atoms with Gasteiger partial charge in [0, 0.05) is 29.5 Å². The molecule has 182 valence electrons. The number of amidine groups is 1. The van der Waals surface area contributed by atoms with Crippen molar-refractivity contribution in [3.05, 3.63) is 69.2 Å². The van der Waals surface area contributed by atoms with Crippen molar-refractivity contribution in [1.29, 1.82) is 0 Å². The van der Waals surface area contributed by atoms with Crippen molar-refractivity contribution in [2.24, 2.45) is 10.7 Å². The Hall–Kier alpha value is -2.82. The molecule has 5 rings (SSSR count). The number of carbonyl (C=O) groups is 1. The molecule has 0 saturated carbocycles. The molecule has 2 aromatic carbocycles. The molecule has 3 aromatic rings. The summed E-state index contributed by atoms with van der Waals surface area (Å²) in [5, 5.41) is 5.74. The minimum Gasteiger partial charge on any atom is -0.349 e. The molecule has 1 saturated heterocycles. The van der Waals surface area contributed by atoms with Gasteiger partial charge in [0.15, 0.2) is 5.17 Å². The number of alkyl halides is 3. The van der Waals surface area contributed by atoms with Crippen LogP contribution in [0.25, 0.3) is 17.0 Å². The maximum absolute atomic E-state index is 13.5. The largest absolute Gasteiger partial charge is 0.416 e. The lowest BCUT2D eigenvalue weighted by Crippen LogP contribution is -2.44. The van der Waals surface area contributed by atoms with Gasteiger partial charge in [-0.15, -0.1) is 0 Å². The number of halogens is 4. The molecular formula is C24H21ClF3N5OS. The normalized spacial score (nSPS) is 20.2. The summed E-state index contributed by atoms with van der Waals surface area (Å²) < 4.78 is 41.9. The lowest BCUT2D eigenvalue weighted by Gasteiger charge is -2.31. The number of nitrogens with zero attached hydrogens (tertiary/aromatic N) is 4. The molecule has 1 aromatic heterocycles. The Labute approximate surface area is 208 Å². The van der Waals surface area contributed by atoms with Crippen LogP contribution in [0.5, 0.6) is 0 Å². The molecule has 35 heavy (non-hydrogen) atoms. The summed E-state index contributed by atoms with van der Waals surface area (Å²) in [5.41, 5.74) is 6.81. The Morgan fingerprint density at radius 2 is 2.06 bits per heavy atom. The average molecular weight is 520 g/mol. The molecule has 1 fully saturated rings. The van der Waals surface area contributed by atoms with Gasteiger partial charge in [0.05, 0.1) is 28.7 Å². The molecular weight excluding hydrogens is 499 g/mol. The van der Waals surface area contributed by atoms with Gasteiger partial charge >= 0.3 is 6.18 Å². The van der Waals surface area contributed by atoms with Crippen molar-refractivity contribution in [3.63, 3.8) is 0 Å². The van der Waals surface area contributed by atoms with Crippen molar-refractivity contribution in [3.8, 4) is 0 Å². The van der Waals surface area contributed by atoms with Crippen molar-refractivity contribution in [2.75, 3.05) is 13.1 Å². The summed E-state index contributed by atoms with van der Waals surface area (Å²) >= 11 is 7.12. The molecule has 0 aliphatic carbocycles. The van der Waals surface area contributed by atoms with E-state index in [4.69, 9.17) is 17.3 Å². The maximum atomic E-state index is 13.5. The number of aromatic nitrogens is 2. The first-order valence-electron chi connectivity index (χ1n) is 11.0. The fourth-order valence-electron chi connectivity index (χ4n) is 4.30. The molecule has 2 N–H and O–H groups in total. The summed E-state index contributed by atoms with van der Waals surface area (Å²) in [4.78, 5) is 19.2. The Morgan fingerprint density at radius 3 is 2.83 bits per heavy atom. The summed E-state index contributed by atoms with van der Waals surface area (Å²) in [5.74, 6) is -0.289. The fourth-order valence-corrected chi connectivity index (χ4v) is 5.42. The van der Waals surface area contributed by atoms with E-state index in [9.17, 15) is 18.0 Å². The van der Waals surface area contributed by atoms with E-state index in [-0.39, 0.29) is 29.1 Å². The quantitative estimate of drug-likeness (QED) is 0.484. The highest BCUT2D eigenvalue weighted by Crippen LogP contribution is 2.35. The van der Waals surface area contributed by atoms with Crippen LogP contribution < -0.4 is 5.73 Å². The van der Waals surface area contributed by atoms with Crippen molar-refractivity contribution >= 4 is 51.4 Å². The molecule has 6 nitrogen and oxygen atoms in total. The third-order valence-electron chi connectivity index (χ3n) is 6.00. The van der Waals surface area contributed by atoms with E-state index >= 15 is 0 Å². The molecule has 1 unspecified atom stereocenters. The zero-order valence-corrected chi connectivity index (χ0v) is 20.0. The van der Waals surface area contributed by atoms with Gasteiger partial charge in [0.25, 0.3) is 5.91 Å². The average Bonchev–Trinajstić information content (AvgIpc) is 3.37. The number of rotatable bonds is 3. The van der Waals surface area contributed by atoms with Crippen LogP contribution in [0, 0.1) is 0 Å². The Bertz CT molecular complexity index is 1370. The molecule has 1 amide bonds. The predicted octanol–water partition coefficient (Wildman–Crippen LogP) is 5.15. The standard InChI is InChI=1S/C24H21ClF3N5OS/c25-17-5-4-15(19(10-17)24(26,27)28)12-33-20-6-3-14(8-16(20)11-30-33)9-21-22(34)31-23(35-21)32-7-1-2-18(29)13-32/h3-6,8-11,18H,1-2,7,12-13,29H2. The summed E-state index contributed by atoms with van der Waals surface area (Å²) in [7, 11) is 0. The van der Waals surface area contributed by atoms with Crippen LogP contribution in [-0.4, -0.2) is 44.9 Å². The molecule has 0 bridgehead atoms. The monoisotopic (exact) mass is 519 g/mol. The van der Waals surface area contributed by atoms with E-state index in [0.717, 1.165) is 36.4 Å². The number of piperidine rings is 1. The highest BCUT2D eigenvalue weighted by atomic mass is 35.5. The first-order chi connectivity index (χ1) is 16.7. The van der Waals surface area contributed by atoms with Gasteiger partial charge in [-0.05, 0) is 66.1 Å². The number of thioether (sulfide) groups is 1. The van der Waals surface area contributed by atoms with Gasteiger partial charge in [-0.2, -0.15) is 23.3 Å². The Balaban J connectivity index is 1.37. The Morgan fingerprint density at radius 1 is 1.23 bits per heavy atom. The summed E-state index contributed by atoms with van der Waals surface area (Å²) in [6, 6.07) is 9.25. The van der Waals surface area contributed by atoms with Gasteiger partial charge < -0.3 is 10.6 Å². The lowest BCUT2D eigenvalue weighted by molar-refractivity contribution is -0.138. The second kappa shape index (κ2) is 9.33. The number of nitrogens with two attached hydrogens (primary N) is 1. The number of aliphatic imine (C=N–C) groups is 1. The lowest BCUT2D eigenvalue weighted by atomic mass is 10.1. The number of amides is 1. The van der Waals surface area contributed by atoms with Crippen LogP contribution in [0.2, 0.25) is 5.02 Å². The molecule has 3 heterocycles. The summed E-state index contributed by atoms with van der Waals surface area (Å²) in [6.07, 6.45) is 0.782. The van der Waals surface area contributed by atoms with E-state index in [1.165, 1.54) is 28.6 Å². The van der Waals surface area contributed by atoms with E-state index < -0.39 is 11.7 Å². The zero-order chi connectivity index (χ0) is 24.7. The predicted molar refractivity (Wildman–Crippen MR) is 132 cm³/mol. The van der Waals surface area contributed by atoms with Crippen LogP contribution in [0.4, 0.5) is 13.2 Å². The van der Waals surface area contributed by atoms with Gasteiger partial charge in [0.2, 0.25) is 0 Å². The number of hydrogen-bond acceptors (Lipinski definition) is 5. The number of benzene rings is 2. The van der Waals surface area contributed by atoms with Gasteiger partial charge in [-0.3, -0.25) is 9.48 Å². The smallest absolute Gasteiger partial charge is 0.349 e. The molecule has 2 aliphatic heterocycles. The van der Waals surface area contributed by atoms with Gasteiger partial charge in [-0.1, -0.05) is 23.7 Å². The van der Waals surface area contributed by atoms with Crippen LogP contribution in [0.15, 0.2) is 52.5 Å². The molecule has 0 radical (unpaired) electrons. The number of likely N-dealkylation sites (tertiary alicyclic amines) is 1. The highest BCUT2D eigenvalue weighted by molar-refractivity contribution is 8.18. The minimum atomic E-state index is -4.52. The first kappa shape index (κ1) is 23.9. The van der Waals surface area contributed by atoms with Crippen molar-refractivity contribution in [2.45, 2.75) is 31.6 Å². The van der Waals surface area contributed by atoms with Crippen molar-refractivity contribution in [1.82, 2.24) is 14.7 Å². The van der Waals surface area contributed by atoms with Crippen LogP contribution in [0.1, 0.15) is 29.5 Å². The molecule has 2 aliphatic rings. The third kappa shape index (κ3) is 5.10. The first-order valence-corrected chi connectivity index (χ1v) is 12.2. The van der Waals surface area contributed by atoms with E-state index in [0.29, 0.717) is 22.1 Å². The summed E-state index contributed by atoms with van der Waals surface area (Å²) in [6.45, 7) is 1.45. The van der Waals surface area contributed by atoms with Crippen molar-refractivity contribution < 1.29 is 18.0 Å². The van der Waals surface area contributed by atoms with Gasteiger partial charge in [0.1, 0.15) is 0 Å². The van der Waals surface area contributed by atoms with Crippen LogP contribution in [0.3, 0.4) is 0 Å². The van der Waals surface area contributed by atoms with E-state index in [1.54, 1.807) is 18.3 Å². The Kier molecular flexibility index (Phi) is 6.37. The second-order valence-electron chi connectivity index (χ2n) is 8.58. The van der Waals surface area contributed by atoms with Crippen LogP contribution >= 0.6 is 23.4 Å². The second-order valence-corrected chi connectivity index (χ2v) is 10.0. The zero-order valence-electron chi connectivity index (χ0n) is 18.4. The maximum Gasteiger partial charge on any atom is 0.416 e. The number of hydrogen-bond donors (Lipinski definition) is 1. The molecule has 11 heteroatoms. The van der Waals surface area contributed by atoms with Crippen LogP contribution in [-0.2, 0) is 17.5 Å². The molecule has 0 spiro atoms. The van der Waals surface area contributed by atoms with E-state index in [2.05, 4.69) is 15.0 Å².